The van der Waals surface area contributed by atoms with Crippen LogP contribution in [0.25, 0.3) is 0 Å². The molecule has 0 aliphatic heterocycles. The lowest BCUT2D eigenvalue weighted by molar-refractivity contribution is 0.608. The number of benzene rings is 1. The molecule has 1 aromatic carbocycles. The number of aryl methyl sites for hydroxylation is 1. The minimum atomic E-state index is -0.150. The molecule has 0 bridgehead atoms. The molecule has 2 heteroatoms. The zero-order valence-corrected chi connectivity index (χ0v) is 7.70. The molecule has 0 nitrogen and oxygen atoms in total. The van der Waals surface area contributed by atoms with Crippen LogP contribution in [0.5, 0.6) is 0 Å². The fraction of sp³-hybridized carbons (Fsp3) is 0.222. The monoisotopic (exact) mass is 215 g/mol. The third kappa shape index (κ3) is 2.29. The van der Waals surface area contributed by atoms with Crippen molar-refractivity contribution < 1.29 is 4.39 Å². The van der Waals surface area contributed by atoms with Gasteiger partial charge in [-0.2, -0.15) is 0 Å². The molecule has 1 radical (unpaired) electrons. The summed E-state index contributed by atoms with van der Waals surface area (Å²) in [6, 6.07) is 5.10. The molecule has 0 atom stereocenters. The number of halogens is 2. The quantitative estimate of drug-likeness (QED) is 0.711. The van der Waals surface area contributed by atoms with Crippen molar-refractivity contribution in [2.45, 2.75) is 12.8 Å². The maximum absolute atomic E-state index is 13.0. The van der Waals surface area contributed by atoms with Gasteiger partial charge in [-0.3, -0.25) is 0 Å². The van der Waals surface area contributed by atoms with E-state index < -0.39 is 0 Å². The molecule has 0 saturated carbocycles. The molecule has 0 unspecified atom stereocenters. The van der Waals surface area contributed by atoms with Gasteiger partial charge in [0, 0.05) is 4.47 Å². The van der Waals surface area contributed by atoms with Crippen LogP contribution >= 0.6 is 15.9 Å². The van der Waals surface area contributed by atoms with Gasteiger partial charge in [0.05, 0.1) is 0 Å². The first-order valence-electron chi connectivity index (χ1n) is 3.47. The van der Waals surface area contributed by atoms with E-state index in [9.17, 15) is 4.39 Å². The molecule has 0 heterocycles. The summed E-state index contributed by atoms with van der Waals surface area (Å²) in [6.07, 6.45) is 1.44. The largest absolute Gasteiger partial charge is 0.207 e. The van der Waals surface area contributed by atoms with Gasteiger partial charge in [0.1, 0.15) is 5.82 Å². The lowest BCUT2D eigenvalue weighted by Crippen LogP contribution is -1.88. The van der Waals surface area contributed by atoms with Crippen LogP contribution in [0, 0.1) is 12.7 Å². The van der Waals surface area contributed by atoms with Crippen molar-refractivity contribution in [2.75, 3.05) is 0 Å². The van der Waals surface area contributed by atoms with E-state index in [1.54, 1.807) is 6.07 Å². The van der Waals surface area contributed by atoms with Gasteiger partial charge < -0.3 is 0 Å². The number of rotatable bonds is 2. The van der Waals surface area contributed by atoms with E-state index in [0.29, 0.717) is 6.42 Å². The smallest absolute Gasteiger partial charge is 0.127 e. The highest BCUT2D eigenvalue weighted by Gasteiger charge is 1.99. The first-order valence-corrected chi connectivity index (χ1v) is 4.26. The summed E-state index contributed by atoms with van der Waals surface area (Å²) in [4.78, 5) is 0. The maximum Gasteiger partial charge on any atom is 0.127 e. The van der Waals surface area contributed by atoms with Gasteiger partial charge in [-0.1, -0.05) is 28.9 Å². The first-order chi connectivity index (χ1) is 5.24. The normalized spacial score (nSPS) is 10.1. The van der Waals surface area contributed by atoms with Crippen LogP contribution in [-0.4, -0.2) is 0 Å². The molecule has 0 spiro atoms. The lowest BCUT2D eigenvalue weighted by Gasteiger charge is -2.00. The maximum atomic E-state index is 13.0. The number of hydrogen-bond donors (Lipinski definition) is 0. The van der Waals surface area contributed by atoms with Crippen molar-refractivity contribution in [3.05, 3.63) is 41.0 Å². The number of hydrogen-bond acceptors (Lipinski definition) is 0. The van der Waals surface area contributed by atoms with E-state index in [1.165, 1.54) is 6.07 Å². The van der Waals surface area contributed by atoms with Gasteiger partial charge in [-0.05, 0) is 30.5 Å². The third-order valence-electron chi connectivity index (χ3n) is 1.46. The molecule has 0 aliphatic rings. The summed E-state index contributed by atoms with van der Waals surface area (Å²) >= 11 is 3.19. The Morgan fingerprint density at radius 1 is 1.45 bits per heavy atom. The summed E-state index contributed by atoms with van der Waals surface area (Å²) in [5, 5.41) is 0. The lowest BCUT2D eigenvalue weighted by atomic mass is 10.1. The van der Waals surface area contributed by atoms with Crippen LogP contribution in [0.15, 0.2) is 22.7 Å². The Morgan fingerprint density at radius 2 is 2.18 bits per heavy atom. The molecule has 11 heavy (non-hydrogen) atoms. The zero-order valence-electron chi connectivity index (χ0n) is 6.11. The fourth-order valence-corrected chi connectivity index (χ4v) is 1.25. The van der Waals surface area contributed by atoms with Crippen LogP contribution in [0.2, 0.25) is 0 Å². The Balaban J connectivity index is 2.90. The molecular weight excluding hydrogens is 207 g/mol. The molecule has 0 saturated heterocycles. The molecule has 59 valence electrons. The summed E-state index contributed by atoms with van der Waals surface area (Å²) in [6.45, 7) is 3.67. The molecule has 1 aromatic rings. The highest BCUT2D eigenvalue weighted by Crippen LogP contribution is 2.16. The van der Waals surface area contributed by atoms with Crippen LogP contribution in [0.1, 0.15) is 12.0 Å². The van der Waals surface area contributed by atoms with Gasteiger partial charge in [0.2, 0.25) is 0 Å². The van der Waals surface area contributed by atoms with Crippen LogP contribution in [0.4, 0.5) is 4.39 Å². The van der Waals surface area contributed by atoms with Gasteiger partial charge in [-0.15, -0.1) is 0 Å². The van der Waals surface area contributed by atoms with E-state index in [4.69, 9.17) is 0 Å². The second-order valence-electron chi connectivity index (χ2n) is 2.34. The molecule has 1 rings (SSSR count). The average molecular weight is 216 g/mol. The fourth-order valence-electron chi connectivity index (χ4n) is 0.915. The van der Waals surface area contributed by atoms with E-state index in [2.05, 4.69) is 22.9 Å². The van der Waals surface area contributed by atoms with E-state index in [-0.39, 0.29) is 5.82 Å². The molecular formula is C9H9BrF. The molecule has 0 fully saturated rings. The van der Waals surface area contributed by atoms with E-state index in [1.807, 2.05) is 6.07 Å². The molecule has 0 amide bonds. The van der Waals surface area contributed by atoms with Gasteiger partial charge in [-0.25, -0.2) is 4.39 Å². The predicted molar refractivity (Wildman–Crippen MR) is 47.8 cm³/mol. The second kappa shape index (κ2) is 3.86. The zero-order chi connectivity index (χ0) is 8.27. The Hall–Kier alpha value is -0.370. The highest BCUT2D eigenvalue weighted by molar-refractivity contribution is 9.10. The highest BCUT2D eigenvalue weighted by atomic mass is 79.9. The Bertz CT molecular complexity index is 245. The van der Waals surface area contributed by atoms with Crippen LogP contribution in [0.3, 0.4) is 0 Å². The van der Waals surface area contributed by atoms with Crippen molar-refractivity contribution in [3.63, 3.8) is 0 Å². The molecule has 0 aromatic heterocycles. The van der Waals surface area contributed by atoms with Crippen LogP contribution < -0.4 is 0 Å². The Kier molecular flexibility index (Phi) is 3.06. The van der Waals surface area contributed by atoms with Gasteiger partial charge in [0.25, 0.3) is 0 Å². The standard InChI is InChI=1S/C9H9BrF/c1-2-3-7-4-5-8(10)6-9(7)11/h4-6H,1-3H2. The Labute approximate surface area is 74.6 Å². The average Bonchev–Trinajstić information content (AvgIpc) is 1.95. The van der Waals surface area contributed by atoms with Gasteiger partial charge >= 0.3 is 0 Å². The summed E-state index contributed by atoms with van der Waals surface area (Å²) in [5.74, 6) is -0.150. The summed E-state index contributed by atoms with van der Waals surface area (Å²) in [5.41, 5.74) is 0.739. The molecule has 0 aliphatic carbocycles. The van der Waals surface area contributed by atoms with Gasteiger partial charge in [0.15, 0.2) is 0 Å². The Morgan fingerprint density at radius 3 is 2.73 bits per heavy atom. The van der Waals surface area contributed by atoms with Crippen molar-refractivity contribution in [1.82, 2.24) is 0 Å². The topological polar surface area (TPSA) is 0 Å². The van der Waals surface area contributed by atoms with Crippen molar-refractivity contribution in [3.8, 4) is 0 Å². The third-order valence-corrected chi connectivity index (χ3v) is 1.95. The SMILES string of the molecule is [CH2]CCc1ccc(Br)cc1F. The van der Waals surface area contributed by atoms with E-state index in [0.717, 1.165) is 16.5 Å². The van der Waals surface area contributed by atoms with Crippen molar-refractivity contribution in [1.29, 1.82) is 0 Å². The summed E-state index contributed by atoms with van der Waals surface area (Å²) < 4.78 is 13.8. The van der Waals surface area contributed by atoms with Crippen LogP contribution in [-0.2, 0) is 6.42 Å². The van der Waals surface area contributed by atoms with Crippen molar-refractivity contribution >= 4 is 15.9 Å². The minimum absolute atomic E-state index is 0.150. The van der Waals surface area contributed by atoms with E-state index >= 15 is 0 Å². The summed E-state index contributed by atoms with van der Waals surface area (Å²) in [7, 11) is 0. The van der Waals surface area contributed by atoms with Crippen molar-refractivity contribution in [2.24, 2.45) is 0 Å². The first kappa shape index (κ1) is 8.72. The molecule has 0 N–H and O–H groups in total. The minimum Gasteiger partial charge on any atom is -0.207 e. The second-order valence-corrected chi connectivity index (χ2v) is 3.25. The predicted octanol–water partition coefficient (Wildman–Crippen LogP) is 3.35.